The van der Waals surface area contributed by atoms with E-state index in [1.165, 1.54) is 60.7 Å². The number of phenolic OH excluding ortho intramolecular Hbond substituents is 2. The number of anilines is 4. The molecule has 4 N–H and O–H groups in total. The number of nitrogens with one attached hydrogen (secondary N) is 2. The Kier molecular flexibility index (Phi) is 10.2. The number of azo groups is 2. The summed E-state index contributed by atoms with van der Waals surface area (Å²) in [6, 6.07) is 19.4. The van der Waals surface area contributed by atoms with Gasteiger partial charge in [-0.3, -0.25) is 20.2 Å². The number of non-ortho nitro benzene ring substituents is 2. The highest BCUT2D eigenvalue weighted by atomic mass is 32.2. The normalized spacial score (nSPS) is 11.9. The number of aromatic hydroxyl groups is 2. The number of hydrogen-bond acceptors (Lipinski definition) is 18. The van der Waals surface area contributed by atoms with E-state index in [1.54, 1.807) is 0 Å². The topological polar surface area (TPSA) is 315 Å². The molecular formula is C30H20N8O12S2-2. The van der Waals surface area contributed by atoms with Crippen molar-refractivity contribution in [1.82, 2.24) is 0 Å². The van der Waals surface area contributed by atoms with Gasteiger partial charge in [0.05, 0.1) is 42.4 Å². The number of nitro groups is 2. The van der Waals surface area contributed by atoms with E-state index < -0.39 is 62.7 Å². The summed E-state index contributed by atoms with van der Waals surface area (Å²) in [6.45, 7) is 0. The first kappa shape index (κ1) is 36.4. The zero-order valence-corrected chi connectivity index (χ0v) is 27.3. The lowest BCUT2D eigenvalue weighted by atomic mass is 10.2. The monoisotopic (exact) mass is 748 g/mol. The quantitative estimate of drug-likeness (QED) is 0.0430. The van der Waals surface area contributed by atoms with Crippen LogP contribution in [0.2, 0.25) is 0 Å². The van der Waals surface area contributed by atoms with Crippen LogP contribution in [0.1, 0.15) is 0 Å². The van der Waals surface area contributed by atoms with Gasteiger partial charge in [-0.15, -0.1) is 10.2 Å². The summed E-state index contributed by atoms with van der Waals surface area (Å²) in [5, 5.41) is 64.2. The maximum absolute atomic E-state index is 11.7. The maximum Gasteiger partial charge on any atom is 0.270 e. The molecule has 0 heterocycles. The van der Waals surface area contributed by atoms with E-state index in [0.29, 0.717) is 17.8 Å². The predicted octanol–water partition coefficient (Wildman–Crippen LogP) is 7.04. The standard InChI is InChI=1S/C30H22N8O12S2/c39-26-14-13-25(35-33-19-5-1-17(2-6-19)31-23-11-9-21(37(41)42)15-27(23)51(45,46)47)30(40)29(26)36-34-20-7-3-18(4-8-20)32-24-12-10-22(38(43)44)16-28(24)52(48,49)50/h1-16,31-32,39-40H,(H,45,46,47)(H,48,49,50)/p-2. The Morgan fingerprint density at radius 1 is 0.558 bits per heavy atom. The van der Waals surface area contributed by atoms with Crippen molar-refractivity contribution in [3.05, 3.63) is 117 Å². The lowest BCUT2D eigenvalue weighted by Gasteiger charge is -2.14. The molecule has 5 aromatic carbocycles. The molecule has 0 amide bonds. The predicted molar refractivity (Wildman–Crippen MR) is 180 cm³/mol. The molecule has 0 atom stereocenters. The molecule has 5 rings (SSSR count). The van der Waals surface area contributed by atoms with E-state index in [-0.39, 0.29) is 39.8 Å². The second-order valence-electron chi connectivity index (χ2n) is 10.3. The number of hydrogen-bond donors (Lipinski definition) is 4. The van der Waals surface area contributed by atoms with E-state index in [0.717, 1.165) is 24.3 Å². The second-order valence-corrected chi connectivity index (χ2v) is 13.0. The molecule has 0 aliphatic rings. The minimum atomic E-state index is -5.07. The van der Waals surface area contributed by atoms with Gasteiger partial charge in [-0.1, -0.05) is 0 Å². The van der Waals surface area contributed by atoms with Crippen molar-refractivity contribution in [2.24, 2.45) is 20.5 Å². The summed E-state index contributed by atoms with van der Waals surface area (Å²) in [4.78, 5) is 18.7. The Morgan fingerprint density at radius 2 is 0.981 bits per heavy atom. The Balaban J connectivity index is 1.29. The van der Waals surface area contributed by atoms with Gasteiger partial charge in [0.15, 0.2) is 11.4 Å². The second kappa shape index (κ2) is 14.5. The molecule has 0 aliphatic heterocycles. The number of benzene rings is 5. The summed E-state index contributed by atoms with van der Waals surface area (Å²) >= 11 is 0. The molecule has 0 unspecified atom stereocenters. The van der Waals surface area contributed by atoms with Crippen molar-refractivity contribution >= 4 is 77.1 Å². The van der Waals surface area contributed by atoms with Crippen molar-refractivity contribution < 1.29 is 46.0 Å². The summed E-state index contributed by atoms with van der Waals surface area (Å²) in [6.07, 6.45) is 0. The molecule has 20 nitrogen and oxygen atoms in total. The Bertz CT molecular complexity index is 2490. The zero-order chi connectivity index (χ0) is 37.8. The van der Waals surface area contributed by atoms with Crippen LogP contribution in [0, 0.1) is 20.2 Å². The molecular weight excluding hydrogens is 729 g/mol. The lowest BCUT2D eigenvalue weighted by Crippen LogP contribution is -2.04. The van der Waals surface area contributed by atoms with E-state index in [4.69, 9.17) is 0 Å². The van der Waals surface area contributed by atoms with Gasteiger partial charge in [-0.05, 0) is 72.8 Å². The number of nitro benzene ring substituents is 2. The van der Waals surface area contributed by atoms with E-state index in [9.17, 15) is 56.4 Å². The highest BCUT2D eigenvalue weighted by molar-refractivity contribution is 7.86. The van der Waals surface area contributed by atoms with E-state index in [1.807, 2.05) is 0 Å². The SMILES string of the molecule is O=[N+]([O-])c1ccc(Nc2ccc(N=Nc3ccc(O)c(N=Nc4ccc(Nc5ccc([N+](=O)[O-])cc5S(=O)(=O)[O-])cc4)c3O)cc2)c(S(=O)(=O)[O-])c1. The molecule has 0 radical (unpaired) electrons. The molecule has 0 spiro atoms. The van der Waals surface area contributed by atoms with Crippen LogP contribution in [0.3, 0.4) is 0 Å². The molecule has 0 fully saturated rings. The van der Waals surface area contributed by atoms with Gasteiger partial charge >= 0.3 is 0 Å². The van der Waals surface area contributed by atoms with Crippen LogP contribution in [0.15, 0.2) is 127 Å². The van der Waals surface area contributed by atoms with Crippen molar-refractivity contribution in [1.29, 1.82) is 0 Å². The summed E-state index contributed by atoms with van der Waals surface area (Å²) in [7, 11) is -10.1. The van der Waals surface area contributed by atoms with Gasteiger partial charge in [0.2, 0.25) is 0 Å². The van der Waals surface area contributed by atoms with Crippen LogP contribution in [-0.2, 0) is 20.2 Å². The first-order valence-corrected chi connectivity index (χ1v) is 16.9. The first-order chi connectivity index (χ1) is 24.5. The van der Waals surface area contributed by atoms with Gasteiger partial charge in [0.25, 0.3) is 11.4 Å². The molecule has 0 saturated heterocycles. The summed E-state index contributed by atoms with van der Waals surface area (Å²) in [5.41, 5.74) is -0.990. The highest BCUT2D eigenvalue weighted by Gasteiger charge is 2.18. The molecule has 266 valence electrons. The highest BCUT2D eigenvalue weighted by Crippen LogP contribution is 2.44. The summed E-state index contributed by atoms with van der Waals surface area (Å²) < 4.78 is 70.0. The number of phenols is 2. The molecule has 0 aliphatic carbocycles. The average Bonchev–Trinajstić information content (AvgIpc) is 3.08. The third-order valence-electron chi connectivity index (χ3n) is 6.83. The van der Waals surface area contributed by atoms with Gasteiger partial charge in [-0.25, -0.2) is 16.8 Å². The van der Waals surface area contributed by atoms with E-state index >= 15 is 0 Å². The molecule has 0 bridgehead atoms. The van der Waals surface area contributed by atoms with Crippen molar-refractivity contribution in [2.45, 2.75) is 9.79 Å². The molecule has 0 aromatic heterocycles. The van der Waals surface area contributed by atoms with Gasteiger partial charge in [0, 0.05) is 35.6 Å². The van der Waals surface area contributed by atoms with Crippen LogP contribution in [0.25, 0.3) is 0 Å². The van der Waals surface area contributed by atoms with Crippen molar-refractivity contribution in [3.8, 4) is 11.5 Å². The van der Waals surface area contributed by atoms with Crippen LogP contribution < -0.4 is 10.6 Å². The molecule has 22 heteroatoms. The van der Waals surface area contributed by atoms with Crippen LogP contribution in [-0.4, -0.2) is 46.0 Å². The molecule has 5 aromatic rings. The van der Waals surface area contributed by atoms with Crippen LogP contribution in [0.5, 0.6) is 11.5 Å². The van der Waals surface area contributed by atoms with Gasteiger partial charge in [-0.2, -0.15) is 10.2 Å². The average molecular weight is 749 g/mol. The largest absolute Gasteiger partial charge is 0.744 e. The van der Waals surface area contributed by atoms with Crippen molar-refractivity contribution in [2.75, 3.05) is 10.6 Å². The Labute approximate surface area is 292 Å². The lowest BCUT2D eigenvalue weighted by molar-refractivity contribution is -0.385. The zero-order valence-electron chi connectivity index (χ0n) is 25.7. The molecule has 52 heavy (non-hydrogen) atoms. The minimum Gasteiger partial charge on any atom is -0.744 e. The Hall–Kier alpha value is -6.88. The van der Waals surface area contributed by atoms with Gasteiger partial charge in [0.1, 0.15) is 31.7 Å². The van der Waals surface area contributed by atoms with E-state index in [2.05, 4.69) is 31.1 Å². The Morgan fingerprint density at radius 3 is 1.38 bits per heavy atom. The third-order valence-corrected chi connectivity index (χ3v) is 8.58. The fourth-order valence-electron chi connectivity index (χ4n) is 4.36. The smallest absolute Gasteiger partial charge is 0.270 e. The first-order valence-electron chi connectivity index (χ1n) is 14.1. The fourth-order valence-corrected chi connectivity index (χ4v) is 5.67. The number of nitrogens with zero attached hydrogens (tertiary/aromatic N) is 6. The van der Waals surface area contributed by atoms with Crippen LogP contribution in [0.4, 0.5) is 56.9 Å². The molecule has 0 saturated carbocycles. The fraction of sp³-hybridized carbons (Fsp3) is 0. The van der Waals surface area contributed by atoms with Gasteiger partial charge < -0.3 is 30.0 Å². The van der Waals surface area contributed by atoms with Crippen LogP contribution >= 0.6 is 0 Å². The minimum absolute atomic E-state index is 0.114. The number of rotatable bonds is 12. The third kappa shape index (κ3) is 8.64. The van der Waals surface area contributed by atoms with Crippen molar-refractivity contribution in [3.63, 3.8) is 0 Å². The summed E-state index contributed by atoms with van der Waals surface area (Å²) in [5.74, 6) is -1.04. The maximum atomic E-state index is 11.7.